The molecule has 0 unspecified atom stereocenters. The van der Waals surface area contributed by atoms with E-state index in [1.807, 2.05) is 18.2 Å². The number of para-hydroxylation sites is 1. The van der Waals surface area contributed by atoms with E-state index in [-0.39, 0.29) is 11.4 Å². The molecule has 0 saturated heterocycles. The topological polar surface area (TPSA) is 122 Å². The highest BCUT2D eigenvalue weighted by molar-refractivity contribution is 6.05. The van der Waals surface area contributed by atoms with Crippen molar-refractivity contribution in [2.75, 3.05) is 19.0 Å². The molecule has 0 aliphatic heterocycles. The largest absolute Gasteiger partial charge is 0.497 e. The van der Waals surface area contributed by atoms with Gasteiger partial charge >= 0.3 is 11.7 Å². The Labute approximate surface area is 199 Å². The average molecular weight is 474 g/mol. The number of fused-ring (bicyclic) bond motifs is 1. The first-order chi connectivity index (χ1) is 16.8. The van der Waals surface area contributed by atoms with Crippen LogP contribution in [0.3, 0.4) is 0 Å². The predicted molar refractivity (Wildman–Crippen MR) is 130 cm³/mol. The third kappa shape index (κ3) is 4.81. The third-order valence-corrected chi connectivity index (χ3v) is 5.45. The summed E-state index contributed by atoms with van der Waals surface area (Å²) < 4.78 is 12.5. The summed E-state index contributed by atoms with van der Waals surface area (Å²) in [5.41, 5.74) is 0.990. The Morgan fingerprint density at radius 3 is 2.40 bits per heavy atom. The summed E-state index contributed by atoms with van der Waals surface area (Å²) in [4.78, 5) is 53.9. The van der Waals surface area contributed by atoms with Gasteiger partial charge in [0.25, 0.3) is 11.5 Å². The summed E-state index contributed by atoms with van der Waals surface area (Å²) in [6.45, 7) is -0.614. The van der Waals surface area contributed by atoms with Crippen molar-refractivity contribution in [3.05, 3.63) is 87.1 Å². The van der Waals surface area contributed by atoms with Gasteiger partial charge in [0.05, 0.1) is 23.9 Å². The number of rotatable bonds is 6. The highest BCUT2D eigenvalue weighted by Gasteiger charge is 2.17. The van der Waals surface area contributed by atoms with Crippen molar-refractivity contribution in [1.82, 2.24) is 14.1 Å². The van der Waals surface area contributed by atoms with E-state index in [1.165, 1.54) is 14.1 Å². The molecule has 178 valence electrons. The van der Waals surface area contributed by atoms with Crippen molar-refractivity contribution < 1.29 is 19.1 Å². The Bertz CT molecular complexity index is 1550. The smallest absolute Gasteiger partial charge is 0.339 e. The van der Waals surface area contributed by atoms with E-state index in [9.17, 15) is 19.2 Å². The normalized spacial score (nSPS) is 10.7. The van der Waals surface area contributed by atoms with Gasteiger partial charge in [-0.1, -0.05) is 18.2 Å². The number of anilines is 1. The molecule has 4 rings (SSSR count). The Balaban J connectivity index is 1.57. The van der Waals surface area contributed by atoms with Crippen LogP contribution in [0.25, 0.3) is 22.2 Å². The van der Waals surface area contributed by atoms with Gasteiger partial charge in [0, 0.05) is 31.1 Å². The van der Waals surface area contributed by atoms with Gasteiger partial charge in [0.1, 0.15) is 11.6 Å². The maximum Gasteiger partial charge on any atom is 0.339 e. The maximum absolute atomic E-state index is 13.0. The second-order valence-corrected chi connectivity index (χ2v) is 7.69. The van der Waals surface area contributed by atoms with Crippen LogP contribution in [0, 0.1) is 0 Å². The standard InChI is InChI=1S/C25H22N4O6/c1-28-21(13-23(31)29(2)25(28)33)27-22(30)14-35-24(32)18-12-20(15-8-10-16(34-3)11-9-15)26-19-7-5-4-6-17(18)19/h4-13H,14H2,1-3H3,(H,27,30). The van der Waals surface area contributed by atoms with E-state index < -0.39 is 29.7 Å². The zero-order valence-electron chi connectivity index (χ0n) is 19.3. The molecule has 0 saturated carbocycles. The van der Waals surface area contributed by atoms with Crippen molar-refractivity contribution in [2.24, 2.45) is 14.1 Å². The van der Waals surface area contributed by atoms with Crippen LogP contribution in [0.1, 0.15) is 10.4 Å². The Morgan fingerprint density at radius 2 is 1.69 bits per heavy atom. The lowest BCUT2D eigenvalue weighted by atomic mass is 10.0. The molecule has 0 spiro atoms. The minimum absolute atomic E-state index is 0.00435. The lowest BCUT2D eigenvalue weighted by molar-refractivity contribution is -0.119. The number of hydrogen-bond donors (Lipinski definition) is 1. The van der Waals surface area contributed by atoms with Gasteiger partial charge in [-0.25, -0.2) is 14.6 Å². The fraction of sp³-hybridized carbons (Fsp3) is 0.160. The average Bonchev–Trinajstić information content (AvgIpc) is 2.88. The van der Waals surface area contributed by atoms with Gasteiger partial charge in [-0.3, -0.25) is 18.7 Å². The molecule has 2 heterocycles. The number of methoxy groups -OCH3 is 1. The highest BCUT2D eigenvalue weighted by atomic mass is 16.5. The number of nitrogens with one attached hydrogen (secondary N) is 1. The summed E-state index contributed by atoms with van der Waals surface area (Å²) in [5, 5.41) is 2.99. The summed E-state index contributed by atoms with van der Waals surface area (Å²) >= 11 is 0. The first kappa shape index (κ1) is 23.4. The SMILES string of the molecule is COc1ccc(-c2cc(C(=O)OCC(=O)Nc3cc(=O)n(C)c(=O)n3C)c3ccccc3n2)cc1. The van der Waals surface area contributed by atoms with Crippen LogP contribution in [0.4, 0.5) is 5.82 Å². The number of amides is 1. The number of esters is 1. The third-order valence-electron chi connectivity index (χ3n) is 5.45. The molecular formula is C25H22N4O6. The number of hydrogen-bond acceptors (Lipinski definition) is 7. The Morgan fingerprint density at radius 1 is 0.971 bits per heavy atom. The van der Waals surface area contributed by atoms with E-state index in [1.54, 1.807) is 43.5 Å². The van der Waals surface area contributed by atoms with Crippen LogP contribution in [0.5, 0.6) is 5.75 Å². The number of ether oxygens (including phenoxy) is 2. The molecular weight excluding hydrogens is 452 g/mol. The van der Waals surface area contributed by atoms with Crippen molar-refractivity contribution >= 4 is 28.6 Å². The number of carbonyl (C=O) groups excluding carboxylic acids is 2. The molecule has 0 radical (unpaired) electrons. The van der Waals surface area contributed by atoms with Gasteiger partial charge in [0.2, 0.25) is 0 Å². The van der Waals surface area contributed by atoms with E-state index in [0.717, 1.165) is 20.8 Å². The Kier molecular flexibility index (Phi) is 6.45. The fourth-order valence-corrected chi connectivity index (χ4v) is 3.49. The van der Waals surface area contributed by atoms with Crippen LogP contribution in [0.2, 0.25) is 0 Å². The second-order valence-electron chi connectivity index (χ2n) is 7.69. The van der Waals surface area contributed by atoms with E-state index in [0.29, 0.717) is 22.3 Å². The van der Waals surface area contributed by atoms with Crippen LogP contribution < -0.4 is 21.3 Å². The van der Waals surface area contributed by atoms with Gasteiger partial charge in [-0.05, 0) is 36.4 Å². The minimum Gasteiger partial charge on any atom is -0.497 e. The minimum atomic E-state index is -0.716. The van der Waals surface area contributed by atoms with Crippen molar-refractivity contribution in [1.29, 1.82) is 0 Å². The number of benzene rings is 2. The van der Waals surface area contributed by atoms with Crippen molar-refractivity contribution in [3.8, 4) is 17.0 Å². The number of pyridine rings is 1. The van der Waals surface area contributed by atoms with Gasteiger partial charge in [0.15, 0.2) is 6.61 Å². The summed E-state index contributed by atoms with van der Waals surface area (Å²) in [5.74, 6) is -0.731. The molecule has 1 N–H and O–H groups in total. The van der Waals surface area contributed by atoms with Crippen LogP contribution in [-0.2, 0) is 23.6 Å². The molecule has 35 heavy (non-hydrogen) atoms. The highest BCUT2D eigenvalue weighted by Crippen LogP contribution is 2.26. The number of aromatic nitrogens is 3. The first-order valence-electron chi connectivity index (χ1n) is 10.6. The van der Waals surface area contributed by atoms with Gasteiger partial charge in [-0.15, -0.1) is 0 Å². The van der Waals surface area contributed by atoms with Crippen LogP contribution in [0.15, 0.2) is 70.3 Å². The molecule has 10 heteroatoms. The monoisotopic (exact) mass is 474 g/mol. The lowest BCUT2D eigenvalue weighted by Gasteiger charge is -2.12. The zero-order valence-corrected chi connectivity index (χ0v) is 19.3. The number of nitrogens with zero attached hydrogens (tertiary/aromatic N) is 3. The molecule has 0 fully saturated rings. The molecule has 0 atom stereocenters. The molecule has 4 aromatic rings. The molecule has 1 amide bonds. The molecule has 0 aliphatic carbocycles. The van der Waals surface area contributed by atoms with Gasteiger partial charge in [-0.2, -0.15) is 0 Å². The van der Waals surface area contributed by atoms with Crippen molar-refractivity contribution in [3.63, 3.8) is 0 Å². The van der Waals surface area contributed by atoms with E-state index >= 15 is 0 Å². The zero-order chi connectivity index (χ0) is 25.1. The first-order valence-corrected chi connectivity index (χ1v) is 10.6. The molecule has 2 aromatic heterocycles. The van der Waals surface area contributed by atoms with Crippen molar-refractivity contribution in [2.45, 2.75) is 0 Å². The maximum atomic E-state index is 13.0. The molecule has 0 aliphatic rings. The molecule has 0 bridgehead atoms. The Hall–Kier alpha value is -4.73. The van der Waals surface area contributed by atoms with Crippen LogP contribution >= 0.6 is 0 Å². The number of carbonyl (C=O) groups is 2. The molecule has 2 aromatic carbocycles. The second kappa shape index (κ2) is 9.64. The predicted octanol–water partition coefficient (Wildman–Crippen LogP) is 2.10. The lowest BCUT2D eigenvalue weighted by Crippen LogP contribution is -2.38. The summed E-state index contributed by atoms with van der Waals surface area (Å²) in [7, 11) is 4.31. The van der Waals surface area contributed by atoms with E-state index in [4.69, 9.17) is 9.47 Å². The van der Waals surface area contributed by atoms with E-state index in [2.05, 4.69) is 10.3 Å². The van der Waals surface area contributed by atoms with Gasteiger partial charge < -0.3 is 14.8 Å². The van der Waals surface area contributed by atoms with Crippen LogP contribution in [-0.4, -0.2) is 39.7 Å². The summed E-state index contributed by atoms with van der Waals surface area (Å²) in [6, 6.07) is 17.1. The fourth-order valence-electron chi connectivity index (χ4n) is 3.49. The summed E-state index contributed by atoms with van der Waals surface area (Å²) in [6.07, 6.45) is 0. The quantitative estimate of drug-likeness (QED) is 0.425. The molecule has 10 nitrogen and oxygen atoms in total.